The number of phenols is 2. The number of aromatic hydroxyl groups is 2. The van der Waals surface area contributed by atoms with E-state index < -0.39 is 0 Å². The molecule has 0 radical (unpaired) electrons. The lowest BCUT2D eigenvalue weighted by molar-refractivity contribution is 0.480. The number of rotatable bonds is 6. The Hall–Kier alpha value is -6.23. The quantitative estimate of drug-likeness (QED) is 0.0942. The number of fused-ring (bicyclic) bond motifs is 1. The van der Waals surface area contributed by atoms with Crippen LogP contribution in [0.2, 0.25) is 0 Å². The minimum absolute atomic E-state index is 0.141. The normalized spacial score (nSPS) is 11.0. The number of aromatic nitrogens is 3. The summed E-state index contributed by atoms with van der Waals surface area (Å²) in [6.45, 7) is 0. The molecule has 4 aromatic rings. The average Bonchev–Trinajstić information content (AvgIpc) is 3.41. The number of nitrogens with two attached hydrogens (primary N) is 4. The largest absolute Gasteiger partial charge is 0.504 e. The number of anilines is 8. The van der Waals surface area contributed by atoms with Gasteiger partial charge in [-0.05, 0) is 47.5 Å². The van der Waals surface area contributed by atoms with Gasteiger partial charge in [-0.3, -0.25) is 4.98 Å². The smallest absolute Gasteiger partial charge is 0.162 e. The van der Waals surface area contributed by atoms with E-state index in [1.807, 2.05) is 36.4 Å². The molecule has 0 saturated carbocycles. The zero-order valence-electron chi connectivity index (χ0n) is 22.2. The number of benzene rings is 4. The molecule has 42 heavy (non-hydrogen) atoms. The SMILES string of the molecule is Nc1ccccc1-c1cc(N)c(O)c(Nc2ncnc(Nc3cc(-c4ccccc4N)cc(N)c3O)c3cncc2-3)c1. The molecule has 2 aliphatic rings. The van der Waals surface area contributed by atoms with E-state index in [1.54, 1.807) is 48.8 Å². The first kappa shape index (κ1) is 26.0. The highest BCUT2D eigenvalue weighted by atomic mass is 16.3. The molecule has 0 spiro atoms. The minimum atomic E-state index is -0.141. The maximum atomic E-state index is 10.8. The first-order chi connectivity index (χ1) is 20.3. The standard InChI is InChI=1S/C31H27N9O2/c32-22-7-3-1-5-18(22)16-9-24(34)28(41)26(11-16)39-30-20-13-36-14-21(20)31(38-15-37-30)40-27-12-17(10-25(35)29(27)42)19-6-2-4-8-23(19)33/h1-15,41-42H,32-35H2,(H2,37,38,39,40). The number of phenolic OH excluding ortho intramolecular Hbond substituents is 2. The van der Waals surface area contributed by atoms with Gasteiger partial charge >= 0.3 is 0 Å². The van der Waals surface area contributed by atoms with Gasteiger partial charge in [-0.2, -0.15) is 0 Å². The molecule has 0 aromatic heterocycles. The molecule has 0 unspecified atom stereocenters. The Balaban J connectivity index is 1.37. The van der Waals surface area contributed by atoms with Crippen LogP contribution in [0.15, 0.2) is 91.5 Å². The lowest BCUT2D eigenvalue weighted by atomic mass is 10.0. The lowest BCUT2D eigenvalue weighted by Crippen LogP contribution is -1.99. The van der Waals surface area contributed by atoms with Gasteiger partial charge in [0, 0.05) is 46.0 Å². The Morgan fingerprint density at radius 1 is 0.524 bits per heavy atom. The van der Waals surface area contributed by atoms with Gasteiger partial charge in [-0.15, -0.1) is 0 Å². The highest BCUT2D eigenvalue weighted by Crippen LogP contribution is 2.43. The van der Waals surface area contributed by atoms with E-state index in [0.717, 1.165) is 22.3 Å². The molecule has 4 aromatic carbocycles. The van der Waals surface area contributed by atoms with Gasteiger partial charge in [0.25, 0.3) is 0 Å². The Morgan fingerprint density at radius 3 is 1.38 bits per heavy atom. The first-order valence-corrected chi connectivity index (χ1v) is 12.9. The monoisotopic (exact) mass is 557 g/mol. The summed E-state index contributed by atoms with van der Waals surface area (Å²) in [4.78, 5) is 13.2. The van der Waals surface area contributed by atoms with E-state index in [4.69, 9.17) is 22.9 Å². The van der Waals surface area contributed by atoms with Crippen LogP contribution in [0.25, 0.3) is 33.4 Å². The number of nitrogens with zero attached hydrogens (tertiary/aromatic N) is 3. The Bertz CT molecular complexity index is 1790. The fraction of sp³-hybridized carbons (Fsp3) is 0. The Morgan fingerprint density at radius 2 is 0.952 bits per heavy atom. The lowest BCUT2D eigenvalue weighted by Gasteiger charge is -2.15. The van der Waals surface area contributed by atoms with E-state index >= 15 is 0 Å². The summed E-state index contributed by atoms with van der Waals surface area (Å²) in [5.74, 6) is 0.451. The van der Waals surface area contributed by atoms with Crippen molar-refractivity contribution in [2.24, 2.45) is 0 Å². The highest BCUT2D eigenvalue weighted by Gasteiger charge is 2.19. The summed E-state index contributed by atoms with van der Waals surface area (Å²) < 4.78 is 0. The summed E-state index contributed by atoms with van der Waals surface area (Å²) in [6.07, 6.45) is 4.59. The van der Waals surface area contributed by atoms with E-state index in [9.17, 15) is 10.2 Å². The molecule has 0 saturated heterocycles. The minimum Gasteiger partial charge on any atom is -0.504 e. The third-order valence-electron chi connectivity index (χ3n) is 6.91. The van der Waals surface area contributed by atoms with Crippen LogP contribution in [0, 0.1) is 0 Å². The van der Waals surface area contributed by atoms with Crippen molar-refractivity contribution in [3.8, 4) is 44.9 Å². The predicted octanol–water partition coefficient (Wildman–Crippen LogP) is 5.54. The van der Waals surface area contributed by atoms with Crippen LogP contribution in [0.4, 0.5) is 45.8 Å². The summed E-state index contributed by atoms with van der Waals surface area (Å²) in [7, 11) is 0. The van der Waals surface area contributed by atoms with Crippen LogP contribution in [0.3, 0.4) is 0 Å². The molecular formula is C31H27N9O2. The van der Waals surface area contributed by atoms with Crippen LogP contribution in [-0.2, 0) is 0 Å². The van der Waals surface area contributed by atoms with E-state index in [-0.39, 0.29) is 22.9 Å². The third kappa shape index (κ3) is 4.71. The highest BCUT2D eigenvalue weighted by molar-refractivity contribution is 5.92. The Kier molecular flexibility index (Phi) is 6.44. The van der Waals surface area contributed by atoms with Crippen LogP contribution < -0.4 is 33.6 Å². The van der Waals surface area contributed by atoms with Gasteiger partial charge in [0.15, 0.2) is 11.5 Å². The van der Waals surface area contributed by atoms with Gasteiger partial charge in [0.05, 0.1) is 22.7 Å². The molecule has 6 rings (SSSR count). The first-order valence-electron chi connectivity index (χ1n) is 12.9. The van der Waals surface area contributed by atoms with Gasteiger partial charge in [-0.25, -0.2) is 9.97 Å². The average molecular weight is 558 g/mol. The van der Waals surface area contributed by atoms with Crippen LogP contribution in [0.5, 0.6) is 11.5 Å². The maximum Gasteiger partial charge on any atom is 0.162 e. The molecule has 0 amide bonds. The molecule has 12 N–H and O–H groups in total. The fourth-order valence-electron chi connectivity index (χ4n) is 4.78. The van der Waals surface area contributed by atoms with Crippen molar-refractivity contribution in [2.45, 2.75) is 0 Å². The molecule has 2 heterocycles. The van der Waals surface area contributed by atoms with Crippen molar-refractivity contribution in [1.29, 1.82) is 0 Å². The zero-order valence-corrected chi connectivity index (χ0v) is 22.2. The Labute approximate surface area is 240 Å². The van der Waals surface area contributed by atoms with Crippen LogP contribution >= 0.6 is 0 Å². The summed E-state index contributed by atoms with van der Waals surface area (Å²) in [5, 5.41) is 27.9. The van der Waals surface area contributed by atoms with E-state index in [0.29, 0.717) is 45.5 Å². The van der Waals surface area contributed by atoms with Crippen LogP contribution in [0.1, 0.15) is 0 Å². The van der Waals surface area contributed by atoms with Crippen molar-refractivity contribution >= 4 is 45.8 Å². The van der Waals surface area contributed by atoms with Crippen molar-refractivity contribution in [2.75, 3.05) is 33.6 Å². The molecular weight excluding hydrogens is 530 g/mol. The van der Waals surface area contributed by atoms with Crippen molar-refractivity contribution < 1.29 is 10.2 Å². The number of nitrogen functional groups attached to an aromatic ring is 4. The molecule has 11 heteroatoms. The van der Waals surface area contributed by atoms with Gasteiger partial charge < -0.3 is 43.8 Å². The number of hydrogen-bond acceptors (Lipinski definition) is 11. The summed E-state index contributed by atoms with van der Waals surface area (Å²) in [6, 6.07) is 21.5. The molecule has 11 nitrogen and oxygen atoms in total. The van der Waals surface area contributed by atoms with Crippen molar-refractivity contribution in [1.82, 2.24) is 15.0 Å². The van der Waals surface area contributed by atoms with Crippen molar-refractivity contribution in [3.63, 3.8) is 0 Å². The van der Waals surface area contributed by atoms with Gasteiger partial charge in [0.2, 0.25) is 0 Å². The van der Waals surface area contributed by atoms with Crippen LogP contribution in [-0.4, -0.2) is 25.2 Å². The zero-order chi connectivity index (χ0) is 29.4. The molecule has 0 atom stereocenters. The van der Waals surface area contributed by atoms with Gasteiger partial charge in [-0.1, -0.05) is 36.4 Å². The fourth-order valence-corrected chi connectivity index (χ4v) is 4.78. The second-order valence-corrected chi connectivity index (χ2v) is 9.65. The van der Waals surface area contributed by atoms with Crippen molar-refractivity contribution in [3.05, 3.63) is 91.5 Å². The third-order valence-corrected chi connectivity index (χ3v) is 6.91. The topological polar surface area (TPSA) is 207 Å². The van der Waals surface area contributed by atoms with Gasteiger partial charge in [0.1, 0.15) is 18.0 Å². The second kappa shape index (κ2) is 10.4. The van der Waals surface area contributed by atoms with E-state index in [2.05, 4.69) is 25.6 Å². The molecule has 2 aliphatic heterocycles. The molecule has 208 valence electrons. The number of hydrogen-bond donors (Lipinski definition) is 8. The number of para-hydroxylation sites is 2. The number of nitrogens with one attached hydrogen (secondary N) is 2. The second-order valence-electron chi connectivity index (χ2n) is 9.65. The molecule has 0 bridgehead atoms. The van der Waals surface area contributed by atoms with E-state index in [1.165, 1.54) is 6.33 Å². The molecule has 0 aliphatic carbocycles. The summed E-state index contributed by atoms with van der Waals surface area (Å²) in [5.41, 5.74) is 30.9. The molecule has 0 fully saturated rings. The predicted molar refractivity (Wildman–Crippen MR) is 168 cm³/mol. The summed E-state index contributed by atoms with van der Waals surface area (Å²) >= 11 is 0. The maximum absolute atomic E-state index is 10.8.